The van der Waals surface area contributed by atoms with Crippen LogP contribution < -0.4 is 4.74 Å². The first-order chi connectivity index (χ1) is 8.52. The van der Waals surface area contributed by atoms with E-state index in [2.05, 4.69) is 30.5 Å². The summed E-state index contributed by atoms with van der Waals surface area (Å²) < 4.78 is 20.7. The molecule has 0 bridgehead atoms. The zero-order valence-corrected chi connectivity index (χ0v) is 11.3. The number of hydrogen-bond acceptors (Lipinski definition) is 2. The van der Waals surface area contributed by atoms with E-state index in [0.717, 1.165) is 17.4 Å². The van der Waals surface area contributed by atoms with Gasteiger partial charge in [-0.2, -0.15) is 0 Å². The van der Waals surface area contributed by atoms with E-state index in [0.29, 0.717) is 11.8 Å². The Morgan fingerprint density at radius 3 is 2.72 bits per heavy atom. The molecule has 4 heteroatoms. The Balaban J connectivity index is 2.40. The second-order valence-electron chi connectivity index (χ2n) is 4.83. The molecule has 1 aromatic carbocycles. The zero-order chi connectivity index (χ0) is 13.3. The third-order valence-corrected chi connectivity index (χ3v) is 3.39. The number of methoxy groups -OCH3 is 1. The Hall–Kier alpha value is -1.55. The Labute approximate surface area is 107 Å². The first kappa shape index (κ1) is 12.9. The quantitative estimate of drug-likeness (QED) is 0.830. The average Bonchev–Trinajstić information content (AvgIpc) is 2.70. The summed E-state index contributed by atoms with van der Waals surface area (Å²) in [6, 6.07) is 5.62. The molecule has 98 valence electrons. The van der Waals surface area contributed by atoms with Crippen LogP contribution in [0.2, 0.25) is 0 Å². The standard InChI is InChI=1S/C14H19FN2O/c1-10(16(2)3)9-17-6-5-11-7-12(15)14(18-4)8-13(11)17/h5-8,10H,9H2,1-4H3/t10-/m1/s1. The van der Waals surface area contributed by atoms with Crippen LogP contribution in [0.15, 0.2) is 24.4 Å². The van der Waals surface area contributed by atoms with Crippen molar-refractivity contribution in [2.75, 3.05) is 21.2 Å². The maximum Gasteiger partial charge on any atom is 0.165 e. The van der Waals surface area contributed by atoms with Crippen LogP contribution in [0.1, 0.15) is 6.92 Å². The maximum absolute atomic E-state index is 13.6. The molecule has 0 aliphatic rings. The SMILES string of the molecule is COc1cc2c(ccn2C[C@@H](C)N(C)C)cc1F. The highest BCUT2D eigenvalue weighted by Crippen LogP contribution is 2.25. The minimum atomic E-state index is -0.316. The van der Waals surface area contributed by atoms with Gasteiger partial charge in [0.05, 0.1) is 12.6 Å². The molecule has 0 aliphatic heterocycles. The van der Waals surface area contributed by atoms with Gasteiger partial charge in [0.15, 0.2) is 11.6 Å². The minimum Gasteiger partial charge on any atom is -0.494 e. The Kier molecular flexibility index (Phi) is 3.57. The lowest BCUT2D eigenvalue weighted by Gasteiger charge is -2.20. The molecule has 0 radical (unpaired) electrons. The van der Waals surface area contributed by atoms with Crippen LogP contribution >= 0.6 is 0 Å². The second-order valence-corrected chi connectivity index (χ2v) is 4.83. The van der Waals surface area contributed by atoms with Crippen LogP contribution in [0, 0.1) is 5.82 Å². The normalized spacial score (nSPS) is 13.2. The fraction of sp³-hybridized carbons (Fsp3) is 0.429. The van der Waals surface area contributed by atoms with E-state index in [1.165, 1.54) is 13.2 Å². The molecule has 0 spiro atoms. The van der Waals surface area contributed by atoms with Gasteiger partial charge in [-0.15, -0.1) is 0 Å². The molecular formula is C14H19FN2O. The number of nitrogens with zero attached hydrogens (tertiary/aromatic N) is 2. The summed E-state index contributed by atoms with van der Waals surface area (Å²) in [6.07, 6.45) is 1.99. The monoisotopic (exact) mass is 250 g/mol. The molecule has 0 unspecified atom stereocenters. The van der Waals surface area contributed by atoms with E-state index < -0.39 is 0 Å². The Bertz CT molecular complexity index is 548. The van der Waals surface area contributed by atoms with Crippen molar-refractivity contribution in [3.63, 3.8) is 0 Å². The van der Waals surface area contributed by atoms with Gasteiger partial charge in [-0.1, -0.05) is 0 Å². The number of fused-ring (bicyclic) bond motifs is 1. The van der Waals surface area contributed by atoms with Crippen molar-refractivity contribution < 1.29 is 9.13 Å². The summed E-state index contributed by atoms with van der Waals surface area (Å²) in [5, 5.41) is 0.902. The number of benzene rings is 1. The number of rotatable bonds is 4. The molecule has 1 heterocycles. The highest BCUT2D eigenvalue weighted by Gasteiger charge is 2.11. The van der Waals surface area contributed by atoms with Gasteiger partial charge in [0.25, 0.3) is 0 Å². The van der Waals surface area contributed by atoms with Crippen LogP contribution in [-0.2, 0) is 6.54 Å². The predicted molar refractivity (Wildman–Crippen MR) is 71.6 cm³/mol. The molecule has 0 saturated heterocycles. The second kappa shape index (κ2) is 4.98. The molecule has 1 aromatic heterocycles. The third kappa shape index (κ3) is 2.34. The molecule has 18 heavy (non-hydrogen) atoms. The number of aromatic nitrogens is 1. The summed E-state index contributed by atoms with van der Waals surface area (Å²) in [7, 11) is 5.59. The van der Waals surface area contributed by atoms with Crippen molar-refractivity contribution >= 4 is 10.9 Å². The molecular weight excluding hydrogens is 231 g/mol. The van der Waals surface area contributed by atoms with Crippen LogP contribution in [0.25, 0.3) is 10.9 Å². The summed E-state index contributed by atoms with van der Waals surface area (Å²) in [6.45, 7) is 3.03. The number of likely N-dealkylation sites (N-methyl/N-ethyl adjacent to an activating group) is 1. The van der Waals surface area contributed by atoms with Crippen molar-refractivity contribution in [2.24, 2.45) is 0 Å². The number of ether oxygens (including phenoxy) is 1. The molecule has 3 nitrogen and oxygen atoms in total. The van der Waals surface area contributed by atoms with Crippen molar-refractivity contribution in [3.05, 3.63) is 30.2 Å². The molecule has 2 aromatic rings. The lowest BCUT2D eigenvalue weighted by atomic mass is 10.2. The summed E-state index contributed by atoms with van der Waals surface area (Å²) in [5.74, 6) is -0.0247. The third-order valence-electron chi connectivity index (χ3n) is 3.39. The smallest absolute Gasteiger partial charge is 0.165 e. The topological polar surface area (TPSA) is 17.4 Å². The predicted octanol–water partition coefficient (Wildman–Crippen LogP) is 2.74. The fourth-order valence-electron chi connectivity index (χ4n) is 1.95. The van der Waals surface area contributed by atoms with Crippen LogP contribution in [0.5, 0.6) is 5.75 Å². The lowest BCUT2D eigenvalue weighted by molar-refractivity contribution is 0.286. The molecule has 2 rings (SSSR count). The van der Waals surface area contributed by atoms with Crippen LogP contribution in [-0.4, -0.2) is 36.7 Å². The van der Waals surface area contributed by atoms with Gasteiger partial charge >= 0.3 is 0 Å². The van der Waals surface area contributed by atoms with Gasteiger partial charge in [-0.3, -0.25) is 0 Å². The average molecular weight is 250 g/mol. The lowest BCUT2D eigenvalue weighted by Crippen LogP contribution is -2.28. The number of halogens is 1. The summed E-state index contributed by atoms with van der Waals surface area (Å²) in [5.41, 5.74) is 1.00. The Morgan fingerprint density at radius 2 is 2.11 bits per heavy atom. The van der Waals surface area contributed by atoms with Gasteiger partial charge in [0.1, 0.15) is 0 Å². The molecule has 0 aliphatic carbocycles. The van der Waals surface area contributed by atoms with Gasteiger partial charge in [-0.25, -0.2) is 4.39 Å². The molecule has 0 N–H and O–H groups in total. The highest BCUT2D eigenvalue weighted by atomic mass is 19.1. The van der Waals surface area contributed by atoms with E-state index >= 15 is 0 Å². The molecule has 0 saturated carbocycles. The van der Waals surface area contributed by atoms with E-state index in [9.17, 15) is 4.39 Å². The van der Waals surface area contributed by atoms with Crippen molar-refractivity contribution in [1.82, 2.24) is 9.47 Å². The van der Waals surface area contributed by atoms with Crippen molar-refractivity contribution in [2.45, 2.75) is 19.5 Å². The van der Waals surface area contributed by atoms with Gasteiger partial charge in [0, 0.05) is 30.2 Å². The van der Waals surface area contributed by atoms with Crippen LogP contribution in [0.4, 0.5) is 4.39 Å². The first-order valence-electron chi connectivity index (χ1n) is 6.01. The van der Waals surface area contributed by atoms with E-state index in [1.54, 1.807) is 6.07 Å². The number of hydrogen-bond donors (Lipinski definition) is 0. The maximum atomic E-state index is 13.6. The Morgan fingerprint density at radius 1 is 1.39 bits per heavy atom. The molecule has 0 fully saturated rings. The van der Waals surface area contributed by atoms with Gasteiger partial charge < -0.3 is 14.2 Å². The largest absolute Gasteiger partial charge is 0.494 e. The summed E-state index contributed by atoms with van der Waals surface area (Å²) >= 11 is 0. The van der Waals surface area contributed by atoms with E-state index in [4.69, 9.17) is 4.74 Å². The minimum absolute atomic E-state index is 0.292. The van der Waals surface area contributed by atoms with E-state index in [1.807, 2.05) is 12.3 Å². The molecule has 1 atom stereocenters. The highest BCUT2D eigenvalue weighted by molar-refractivity contribution is 5.81. The van der Waals surface area contributed by atoms with Crippen molar-refractivity contribution in [1.29, 1.82) is 0 Å². The fourth-order valence-corrected chi connectivity index (χ4v) is 1.95. The summed E-state index contributed by atoms with van der Waals surface area (Å²) in [4.78, 5) is 2.16. The first-order valence-corrected chi connectivity index (χ1v) is 6.01. The molecule has 0 amide bonds. The van der Waals surface area contributed by atoms with Gasteiger partial charge in [0.2, 0.25) is 0 Å². The van der Waals surface area contributed by atoms with E-state index in [-0.39, 0.29) is 5.82 Å². The van der Waals surface area contributed by atoms with Crippen molar-refractivity contribution in [3.8, 4) is 5.75 Å². The van der Waals surface area contributed by atoms with Crippen LogP contribution in [0.3, 0.4) is 0 Å². The van der Waals surface area contributed by atoms with Gasteiger partial charge in [-0.05, 0) is 33.2 Å². The zero-order valence-electron chi connectivity index (χ0n) is 11.3.